The van der Waals surface area contributed by atoms with Gasteiger partial charge in [0.25, 0.3) is 0 Å². The Kier molecular flexibility index (Phi) is 4.50. The molecule has 1 heterocycles. The van der Waals surface area contributed by atoms with Gasteiger partial charge in [-0.1, -0.05) is 37.6 Å². The highest BCUT2D eigenvalue weighted by atomic mass is 79.9. The highest BCUT2D eigenvalue weighted by molar-refractivity contribution is 9.10. The first-order chi connectivity index (χ1) is 9.47. The van der Waals surface area contributed by atoms with E-state index in [1.165, 1.54) is 7.11 Å². The maximum Gasteiger partial charge on any atom is 0.359 e. The number of halogens is 2. The molecular weight excluding hydrogens is 344 g/mol. The lowest BCUT2D eigenvalue weighted by Crippen LogP contribution is -2.06. The summed E-state index contributed by atoms with van der Waals surface area (Å²) in [5, 5.41) is 4.91. The molecule has 0 aliphatic carbocycles. The molecule has 0 amide bonds. The van der Waals surface area contributed by atoms with E-state index < -0.39 is 5.97 Å². The van der Waals surface area contributed by atoms with Gasteiger partial charge in [0.1, 0.15) is 0 Å². The number of ether oxygens (including phenoxy) is 1. The summed E-state index contributed by atoms with van der Waals surface area (Å²) >= 11 is 9.66. The van der Waals surface area contributed by atoms with Crippen molar-refractivity contribution in [1.29, 1.82) is 0 Å². The van der Waals surface area contributed by atoms with Crippen LogP contribution < -0.4 is 0 Å². The molecule has 106 valence electrons. The fourth-order valence-corrected chi connectivity index (χ4v) is 3.03. The number of esters is 1. The predicted molar refractivity (Wildman–Crippen MR) is 81.7 cm³/mol. The number of carbonyl (C=O) groups is 1. The zero-order valence-corrected chi connectivity index (χ0v) is 13.7. The average Bonchev–Trinajstić information content (AvgIpc) is 2.76. The van der Waals surface area contributed by atoms with E-state index in [4.69, 9.17) is 16.3 Å². The molecule has 0 radical (unpaired) electrons. The van der Waals surface area contributed by atoms with E-state index in [0.29, 0.717) is 9.50 Å². The van der Waals surface area contributed by atoms with Gasteiger partial charge >= 0.3 is 5.97 Å². The molecule has 0 N–H and O–H groups in total. The molecule has 0 bridgehead atoms. The zero-order chi connectivity index (χ0) is 14.9. The van der Waals surface area contributed by atoms with Crippen LogP contribution in [-0.2, 0) is 4.74 Å². The van der Waals surface area contributed by atoms with Crippen LogP contribution in [0, 0.1) is 0 Å². The van der Waals surface area contributed by atoms with Crippen LogP contribution in [-0.4, -0.2) is 22.9 Å². The zero-order valence-electron chi connectivity index (χ0n) is 11.4. The number of hydrogen-bond donors (Lipinski definition) is 0. The van der Waals surface area contributed by atoms with Crippen molar-refractivity contribution in [2.45, 2.75) is 19.8 Å². The molecule has 0 spiro atoms. The SMILES string of the molecule is COC(=O)c1nn(-c2ccccc2Cl)c(C(C)C)c1Br. The Labute approximate surface area is 130 Å². The van der Waals surface area contributed by atoms with Crippen molar-refractivity contribution >= 4 is 33.5 Å². The van der Waals surface area contributed by atoms with Crippen LogP contribution in [0.3, 0.4) is 0 Å². The summed E-state index contributed by atoms with van der Waals surface area (Å²) in [6.07, 6.45) is 0. The first-order valence-electron chi connectivity index (χ1n) is 6.09. The molecule has 1 aromatic carbocycles. The minimum Gasteiger partial charge on any atom is -0.464 e. The number of nitrogens with zero attached hydrogens (tertiary/aromatic N) is 2. The Balaban J connectivity index is 2.70. The van der Waals surface area contributed by atoms with E-state index in [2.05, 4.69) is 21.0 Å². The monoisotopic (exact) mass is 356 g/mol. The third-order valence-corrected chi connectivity index (χ3v) is 3.97. The summed E-state index contributed by atoms with van der Waals surface area (Å²) in [6.45, 7) is 4.05. The third kappa shape index (κ3) is 2.60. The largest absolute Gasteiger partial charge is 0.464 e. The third-order valence-electron chi connectivity index (χ3n) is 2.87. The van der Waals surface area contributed by atoms with E-state index in [0.717, 1.165) is 11.4 Å². The summed E-state index contributed by atoms with van der Waals surface area (Å²) in [5.41, 5.74) is 1.85. The lowest BCUT2D eigenvalue weighted by Gasteiger charge is -2.11. The average molecular weight is 358 g/mol. The summed E-state index contributed by atoms with van der Waals surface area (Å²) in [6, 6.07) is 7.36. The molecule has 2 aromatic rings. The van der Waals surface area contributed by atoms with Gasteiger partial charge in [0.05, 0.1) is 28.0 Å². The Hall–Kier alpha value is -1.33. The van der Waals surface area contributed by atoms with E-state index in [-0.39, 0.29) is 11.6 Å². The minimum atomic E-state index is -0.482. The summed E-state index contributed by atoms with van der Waals surface area (Å²) < 4.78 is 7.08. The first-order valence-corrected chi connectivity index (χ1v) is 7.26. The van der Waals surface area contributed by atoms with E-state index in [9.17, 15) is 4.79 Å². The van der Waals surface area contributed by atoms with E-state index >= 15 is 0 Å². The summed E-state index contributed by atoms with van der Waals surface area (Å²) in [7, 11) is 1.33. The van der Waals surface area contributed by atoms with Crippen LogP contribution >= 0.6 is 27.5 Å². The topological polar surface area (TPSA) is 44.1 Å². The Morgan fingerprint density at radius 3 is 2.60 bits per heavy atom. The van der Waals surface area contributed by atoms with Crippen LogP contribution in [0.4, 0.5) is 0 Å². The van der Waals surface area contributed by atoms with Gasteiger partial charge in [0.2, 0.25) is 0 Å². The maximum atomic E-state index is 11.8. The Bertz CT molecular complexity index is 653. The number of rotatable bonds is 3. The Morgan fingerprint density at radius 1 is 1.40 bits per heavy atom. The van der Waals surface area contributed by atoms with E-state index in [1.54, 1.807) is 10.7 Å². The van der Waals surface area contributed by atoms with Crippen molar-refractivity contribution in [3.05, 3.63) is 45.1 Å². The molecule has 0 unspecified atom stereocenters. The highest BCUT2D eigenvalue weighted by Crippen LogP contribution is 2.32. The standard InChI is InChI=1S/C14H14BrClN2O2/c1-8(2)13-11(15)12(14(19)20-3)17-18(13)10-7-5-4-6-9(10)16/h4-8H,1-3H3. The van der Waals surface area contributed by atoms with Gasteiger partial charge in [-0.3, -0.25) is 0 Å². The maximum absolute atomic E-state index is 11.8. The normalized spacial score (nSPS) is 10.9. The van der Waals surface area contributed by atoms with Gasteiger partial charge in [-0.2, -0.15) is 5.10 Å². The quantitative estimate of drug-likeness (QED) is 0.773. The number of carbonyl (C=O) groups excluding carboxylic acids is 1. The van der Waals surface area contributed by atoms with Crippen LogP contribution in [0.15, 0.2) is 28.7 Å². The molecule has 6 heteroatoms. The van der Waals surface area contributed by atoms with Crippen LogP contribution in [0.5, 0.6) is 0 Å². The predicted octanol–water partition coefficient (Wildman–Crippen LogP) is 4.20. The van der Waals surface area contributed by atoms with Crippen molar-refractivity contribution in [2.24, 2.45) is 0 Å². The number of methoxy groups -OCH3 is 1. The molecule has 2 rings (SSSR count). The molecule has 0 saturated heterocycles. The van der Waals surface area contributed by atoms with Gasteiger partial charge < -0.3 is 4.74 Å². The van der Waals surface area contributed by atoms with Crippen molar-refractivity contribution in [1.82, 2.24) is 9.78 Å². The van der Waals surface area contributed by atoms with Gasteiger partial charge in [0.15, 0.2) is 5.69 Å². The van der Waals surface area contributed by atoms with Crippen molar-refractivity contribution in [3.8, 4) is 5.69 Å². The van der Waals surface area contributed by atoms with Crippen molar-refractivity contribution in [3.63, 3.8) is 0 Å². The van der Waals surface area contributed by atoms with Crippen molar-refractivity contribution < 1.29 is 9.53 Å². The lowest BCUT2D eigenvalue weighted by atomic mass is 10.1. The molecule has 20 heavy (non-hydrogen) atoms. The van der Waals surface area contributed by atoms with Gasteiger partial charge in [-0.25, -0.2) is 9.48 Å². The van der Waals surface area contributed by atoms with Crippen LogP contribution in [0.25, 0.3) is 5.69 Å². The molecule has 4 nitrogen and oxygen atoms in total. The number of aromatic nitrogens is 2. The van der Waals surface area contributed by atoms with E-state index in [1.807, 2.05) is 32.0 Å². The highest BCUT2D eigenvalue weighted by Gasteiger charge is 2.25. The summed E-state index contributed by atoms with van der Waals surface area (Å²) in [4.78, 5) is 11.8. The molecular formula is C14H14BrClN2O2. The fraction of sp³-hybridized carbons (Fsp3) is 0.286. The lowest BCUT2D eigenvalue weighted by molar-refractivity contribution is 0.0592. The number of para-hydroxylation sites is 1. The van der Waals surface area contributed by atoms with Crippen LogP contribution in [0.1, 0.15) is 35.9 Å². The molecule has 0 saturated carbocycles. The smallest absolute Gasteiger partial charge is 0.359 e. The first kappa shape index (κ1) is 15.1. The fourth-order valence-electron chi connectivity index (χ4n) is 1.94. The van der Waals surface area contributed by atoms with Gasteiger partial charge in [-0.15, -0.1) is 0 Å². The molecule has 1 aromatic heterocycles. The van der Waals surface area contributed by atoms with Gasteiger partial charge in [0, 0.05) is 0 Å². The number of benzene rings is 1. The second kappa shape index (κ2) is 5.97. The van der Waals surface area contributed by atoms with Crippen LogP contribution in [0.2, 0.25) is 5.02 Å². The molecule has 0 aliphatic heterocycles. The number of hydrogen-bond acceptors (Lipinski definition) is 3. The molecule has 0 fully saturated rings. The van der Waals surface area contributed by atoms with Gasteiger partial charge in [-0.05, 0) is 34.0 Å². The summed E-state index contributed by atoms with van der Waals surface area (Å²) in [5.74, 6) is -0.323. The second-order valence-corrected chi connectivity index (χ2v) is 5.76. The molecule has 0 atom stereocenters. The second-order valence-electron chi connectivity index (χ2n) is 4.56. The Morgan fingerprint density at radius 2 is 2.05 bits per heavy atom. The molecule has 0 aliphatic rings. The minimum absolute atomic E-state index is 0.159. The van der Waals surface area contributed by atoms with Crippen molar-refractivity contribution in [2.75, 3.05) is 7.11 Å².